The minimum atomic E-state index is -0.583. The van der Waals surface area contributed by atoms with E-state index in [9.17, 15) is 9.59 Å². The van der Waals surface area contributed by atoms with E-state index in [1.807, 2.05) is 26.0 Å². The highest BCUT2D eigenvalue weighted by Crippen LogP contribution is 2.48. The van der Waals surface area contributed by atoms with Crippen LogP contribution in [0.5, 0.6) is 0 Å². The molecule has 3 N–H and O–H groups in total. The lowest BCUT2D eigenvalue weighted by atomic mass is 9.95. The highest BCUT2D eigenvalue weighted by molar-refractivity contribution is 9.10. The molecule has 1 aliphatic rings. The number of carbonyl (C=O) groups excluding carboxylic acids is 2. The van der Waals surface area contributed by atoms with Crippen molar-refractivity contribution >= 4 is 40.2 Å². The van der Waals surface area contributed by atoms with E-state index in [2.05, 4.69) is 33.4 Å². The molecule has 0 aliphatic heterocycles. The first kappa shape index (κ1) is 21.9. The van der Waals surface area contributed by atoms with Gasteiger partial charge in [-0.2, -0.15) is 0 Å². The first-order chi connectivity index (χ1) is 11.2. The monoisotopic (exact) mass is 431 g/mol. The van der Waals surface area contributed by atoms with Crippen molar-refractivity contribution in [2.75, 3.05) is 20.1 Å². The zero-order valence-corrected chi connectivity index (χ0v) is 17.3. The van der Waals surface area contributed by atoms with Crippen LogP contribution in [0, 0.1) is 5.92 Å². The van der Waals surface area contributed by atoms with Crippen molar-refractivity contribution in [1.82, 2.24) is 10.2 Å². The Balaban J connectivity index is 0.00000312. The Kier molecular flexibility index (Phi) is 7.90. The van der Waals surface area contributed by atoms with Crippen LogP contribution < -0.4 is 11.1 Å². The molecular weight excluding hydrogens is 406 g/mol. The summed E-state index contributed by atoms with van der Waals surface area (Å²) in [6.45, 7) is 4.42. The normalized spacial score (nSPS) is 15.9. The first-order valence-electron chi connectivity index (χ1n) is 8.28. The molecule has 5 nitrogen and oxygen atoms in total. The Morgan fingerprint density at radius 2 is 1.84 bits per heavy atom. The summed E-state index contributed by atoms with van der Waals surface area (Å²) in [6, 6.07) is 7.70. The summed E-state index contributed by atoms with van der Waals surface area (Å²) in [5, 5.41) is 2.64. The third-order valence-electron chi connectivity index (χ3n) is 4.71. The number of hydrogen-bond acceptors (Lipinski definition) is 3. The predicted molar refractivity (Wildman–Crippen MR) is 106 cm³/mol. The fourth-order valence-electron chi connectivity index (χ4n) is 2.75. The van der Waals surface area contributed by atoms with E-state index in [1.54, 1.807) is 11.9 Å². The molecule has 2 rings (SSSR count). The van der Waals surface area contributed by atoms with Gasteiger partial charge in [-0.15, -0.1) is 12.4 Å². The lowest BCUT2D eigenvalue weighted by molar-refractivity contribution is -0.132. The van der Waals surface area contributed by atoms with Crippen LogP contribution in [-0.4, -0.2) is 42.9 Å². The van der Waals surface area contributed by atoms with Gasteiger partial charge in [0.05, 0.1) is 12.6 Å². The summed E-state index contributed by atoms with van der Waals surface area (Å²) in [4.78, 5) is 25.8. The van der Waals surface area contributed by atoms with Gasteiger partial charge in [-0.05, 0) is 36.5 Å². The van der Waals surface area contributed by atoms with Crippen LogP contribution in [0.15, 0.2) is 28.7 Å². The van der Waals surface area contributed by atoms with Crippen LogP contribution in [0.2, 0.25) is 0 Å². The summed E-state index contributed by atoms with van der Waals surface area (Å²) >= 11 is 3.45. The summed E-state index contributed by atoms with van der Waals surface area (Å²) in [5.74, 6) is -0.326. The molecule has 1 aromatic carbocycles. The molecule has 1 atom stereocenters. The molecule has 0 heterocycles. The number of nitrogens with zero attached hydrogens (tertiary/aromatic N) is 1. The van der Waals surface area contributed by atoms with Gasteiger partial charge in [-0.25, -0.2) is 0 Å². The van der Waals surface area contributed by atoms with Crippen LogP contribution in [0.3, 0.4) is 0 Å². The molecule has 1 aromatic rings. The maximum absolute atomic E-state index is 12.3. The average molecular weight is 433 g/mol. The van der Waals surface area contributed by atoms with Crippen molar-refractivity contribution in [3.63, 3.8) is 0 Å². The first-order valence-corrected chi connectivity index (χ1v) is 9.08. The number of carbonyl (C=O) groups is 2. The zero-order chi connectivity index (χ0) is 17.9. The van der Waals surface area contributed by atoms with Gasteiger partial charge in [0.25, 0.3) is 0 Å². The maximum atomic E-state index is 12.3. The van der Waals surface area contributed by atoms with Crippen molar-refractivity contribution in [3.8, 4) is 0 Å². The number of hydrogen-bond donors (Lipinski definition) is 2. The smallest absolute Gasteiger partial charge is 0.241 e. The van der Waals surface area contributed by atoms with E-state index in [0.717, 1.165) is 17.3 Å². The number of amides is 2. The van der Waals surface area contributed by atoms with Gasteiger partial charge in [0.2, 0.25) is 11.8 Å². The Morgan fingerprint density at radius 3 is 2.32 bits per heavy atom. The van der Waals surface area contributed by atoms with Gasteiger partial charge >= 0.3 is 0 Å². The molecule has 0 saturated heterocycles. The van der Waals surface area contributed by atoms with E-state index < -0.39 is 6.04 Å². The number of rotatable bonds is 7. The van der Waals surface area contributed by atoms with Gasteiger partial charge in [0.15, 0.2) is 0 Å². The van der Waals surface area contributed by atoms with E-state index in [-0.39, 0.29) is 42.1 Å². The van der Waals surface area contributed by atoms with Crippen molar-refractivity contribution < 1.29 is 9.59 Å². The van der Waals surface area contributed by atoms with E-state index >= 15 is 0 Å². The van der Waals surface area contributed by atoms with Gasteiger partial charge in [0.1, 0.15) is 0 Å². The largest absolute Gasteiger partial charge is 0.346 e. The fourth-order valence-corrected chi connectivity index (χ4v) is 3.02. The molecule has 0 radical (unpaired) electrons. The summed E-state index contributed by atoms with van der Waals surface area (Å²) in [6.07, 6.45) is 2.16. The molecule has 1 fully saturated rings. The molecule has 0 bridgehead atoms. The highest BCUT2D eigenvalue weighted by Gasteiger charge is 2.45. The second-order valence-electron chi connectivity index (χ2n) is 7.02. The molecule has 1 aliphatic carbocycles. The Labute approximate surface area is 164 Å². The van der Waals surface area contributed by atoms with Crippen LogP contribution in [0.4, 0.5) is 0 Å². The van der Waals surface area contributed by atoms with E-state index in [1.165, 1.54) is 5.56 Å². The van der Waals surface area contributed by atoms with Gasteiger partial charge < -0.3 is 16.0 Å². The SMILES string of the molecule is CC(C)[C@H](N)C(=O)NCC(=O)N(C)CC1(c2ccc(Br)cc2)CC1.Cl. The lowest BCUT2D eigenvalue weighted by Crippen LogP contribution is -2.48. The minimum absolute atomic E-state index is 0. The molecule has 0 unspecified atom stereocenters. The number of nitrogens with two attached hydrogens (primary N) is 1. The maximum Gasteiger partial charge on any atom is 0.241 e. The quantitative estimate of drug-likeness (QED) is 0.695. The van der Waals surface area contributed by atoms with E-state index in [4.69, 9.17) is 5.73 Å². The molecule has 2 amide bonds. The van der Waals surface area contributed by atoms with Crippen molar-refractivity contribution in [1.29, 1.82) is 0 Å². The zero-order valence-electron chi connectivity index (χ0n) is 14.9. The molecule has 1 saturated carbocycles. The standard InChI is InChI=1S/C18H26BrN3O2.ClH/c1-12(2)16(20)17(24)21-10-15(23)22(3)11-18(8-9-18)13-4-6-14(19)7-5-13;/h4-7,12,16H,8-11,20H2,1-3H3,(H,21,24);1H/t16-;/m0./s1. The number of halogens is 2. The molecule has 0 spiro atoms. The van der Waals surface area contributed by atoms with Crippen LogP contribution in [0.25, 0.3) is 0 Å². The van der Waals surface area contributed by atoms with Crippen molar-refractivity contribution in [2.24, 2.45) is 11.7 Å². The Hall–Kier alpha value is -1.11. The number of likely N-dealkylation sites (N-methyl/N-ethyl adjacent to an activating group) is 1. The summed E-state index contributed by atoms with van der Waals surface area (Å²) in [5.41, 5.74) is 7.10. The summed E-state index contributed by atoms with van der Waals surface area (Å²) in [7, 11) is 1.79. The second-order valence-corrected chi connectivity index (χ2v) is 7.94. The van der Waals surface area contributed by atoms with Crippen molar-refractivity contribution in [3.05, 3.63) is 34.3 Å². The van der Waals surface area contributed by atoms with Crippen LogP contribution in [-0.2, 0) is 15.0 Å². The third kappa shape index (κ3) is 5.69. The van der Waals surface area contributed by atoms with E-state index in [0.29, 0.717) is 6.54 Å². The Bertz CT molecular complexity index is 603. The number of benzene rings is 1. The molecule has 25 heavy (non-hydrogen) atoms. The molecule has 7 heteroatoms. The Morgan fingerprint density at radius 1 is 1.28 bits per heavy atom. The topological polar surface area (TPSA) is 75.4 Å². The van der Waals surface area contributed by atoms with Crippen molar-refractivity contribution in [2.45, 2.75) is 38.1 Å². The molecule has 140 valence electrons. The average Bonchev–Trinajstić information content (AvgIpc) is 3.32. The van der Waals surface area contributed by atoms with Crippen LogP contribution in [0.1, 0.15) is 32.3 Å². The molecular formula is C18H27BrClN3O2. The summed E-state index contributed by atoms with van der Waals surface area (Å²) < 4.78 is 1.05. The van der Waals surface area contributed by atoms with Gasteiger partial charge in [-0.1, -0.05) is 41.9 Å². The number of nitrogens with one attached hydrogen (secondary N) is 1. The third-order valence-corrected chi connectivity index (χ3v) is 5.24. The fraction of sp³-hybridized carbons (Fsp3) is 0.556. The molecule has 0 aromatic heterocycles. The van der Waals surface area contributed by atoms with Gasteiger partial charge in [-0.3, -0.25) is 9.59 Å². The highest BCUT2D eigenvalue weighted by atomic mass is 79.9. The predicted octanol–water partition coefficient (Wildman–Crippen LogP) is 2.46. The minimum Gasteiger partial charge on any atom is -0.346 e. The second kappa shape index (κ2) is 9.01. The van der Waals surface area contributed by atoms with Gasteiger partial charge in [0, 0.05) is 23.5 Å². The lowest BCUT2D eigenvalue weighted by Gasteiger charge is -2.25. The van der Waals surface area contributed by atoms with Crippen LogP contribution >= 0.6 is 28.3 Å².